The molecule has 1 amide bonds. The molecule has 1 heterocycles. The van der Waals surface area contributed by atoms with Crippen molar-refractivity contribution in [2.75, 3.05) is 35.2 Å². The summed E-state index contributed by atoms with van der Waals surface area (Å²) in [7, 11) is 0. The van der Waals surface area contributed by atoms with Gasteiger partial charge in [0.25, 0.3) is 0 Å². The van der Waals surface area contributed by atoms with Crippen molar-refractivity contribution in [3.63, 3.8) is 0 Å². The largest absolute Gasteiger partial charge is 0.385 e. The molecule has 0 unspecified atom stereocenters. The fraction of sp³-hybridized carbons (Fsp3) is 0.381. The van der Waals surface area contributed by atoms with Crippen molar-refractivity contribution in [2.45, 2.75) is 26.2 Å². The van der Waals surface area contributed by atoms with Gasteiger partial charge in [-0.2, -0.15) is 0 Å². The van der Waals surface area contributed by atoms with Crippen LogP contribution >= 0.6 is 0 Å². The van der Waals surface area contributed by atoms with E-state index in [1.165, 1.54) is 30.7 Å². The Morgan fingerprint density at radius 3 is 2.31 bits per heavy atom. The summed E-state index contributed by atoms with van der Waals surface area (Å²) in [4.78, 5) is 14.4. The van der Waals surface area contributed by atoms with E-state index < -0.39 is 0 Å². The molecule has 0 aliphatic carbocycles. The number of hydrogen-bond donors (Lipinski definition) is 2. The van der Waals surface area contributed by atoms with Gasteiger partial charge in [0.15, 0.2) is 0 Å². The van der Waals surface area contributed by atoms with E-state index in [1.807, 2.05) is 0 Å². The molecule has 1 saturated heterocycles. The van der Waals surface area contributed by atoms with Gasteiger partial charge in [-0.3, -0.25) is 4.79 Å². The van der Waals surface area contributed by atoms with Gasteiger partial charge < -0.3 is 15.5 Å². The Bertz CT molecular complexity index is 707. The number of carbonyl (C=O) groups is 1. The summed E-state index contributed by atoms with van der Waals surface area (Å²) >= 11 is 0. The molecule has 0 spiro atoms. The van der Waals surface area contributed by atoms with Crippen molar-refractivity contribution in [2.24, 2.45) is 5.92 Å². The standard InChI is InChI=1S/C21H26FN3O/c1-16-11-14-25(15-12-16)20-8-6-18(7-9-20)23-13-10-21(26)24-19-4-2-17(22)3-5-19/h2-9,16,23H,10-15H2,1H3,(H,24,26). The van der Waals surface area contributed by atoms with Crippen LogP contribution in [0.4, 0.5) is 21.5 Å². The van der Waals surface area contributed by atoms with Gasteiger partial charge in [-0.15, -0.1) is 0 Å². The molecule has 0 atom stereocenters. The van der Waals surface area contributed by atoms with Gasteiger partial charge in [0.05, 0.1) is 0 Å². The Hall–Kier alpha value is -2.56. The summed E-state index contributed by atoms with van der Waals surface area (Å²) in [6.45, 7) is 5.11. The van der Waals surface area contributed by atoms with E-state index in [-0.39, 0.29) is 11.7 Å². The summed E-state index contributed by atoms with van der Waals surface area (Å²) in [5.74, 6) is 0.420. The molecule has 26 heavy (non-hydrogen) atoms. The molecular weight excluding hydrogens is 329 g/mol. The van der Waals surface area contributed by atoms with Crippen LogP contribution < -0.4 is 15.5 Å². The average molecular weight is 355 g/mol. The maximum Gasteiger partial charge on any atom is 0.226 e. The first kappa shape index (κ1) is 18.2. The van der Waals surface area contributed by atoms with Gasteiger partial charge in [0.2, 0.25) is 5.91 Å². The number of carbonyl (C=O) groups excluding carboxylic acids is 1. The van der Waals surface area contributed by atoms with E-state index in [9.17, 15) is 9.18 Å². The Kier molecular flexibility index (Phi) is 6.10. The minimum Gasteiger partial charge on any atom is -0.385 e. The zero-order chi connectivity index (χ0) is 18.4. The van der Waals surface area contributed by atoms with Crippen LogP contribution in [-0.4, -0.2) is 25.5 Å². The molecule has 3 rings (SSSR count). The monoisotopic (exact) mass is 355 g/mol. The summed E-state index contributed by atoms with van der Waals surface area (Å²) in [5, 5.41) is 6.03. The highest BCUT2D eigenvalue weighted by atomic mass is 19.1. The lowest BCUT2D eigenvalue weighted by Gasteiger charge is -2.32. The number of benzene rings is 2. The molecule has 1 fully saturated rings. The van der Waals surface area contributed by atoms with E-state index in [2.05, 4.69) is 46.7 Å². The van der Waals surface area contributed by atoms with Crippen LogP contribution in [0, 0.1) is 11.7 Å². The number of nitrogens with zero attached hydrogens (tertiary/aromatic N) is 1. The van der Waals surface area contributed by atoms with Gasteiger partial charge in [-0.05, 0) is 67.3 Å². The average Bonchev–Trinajstić information content (AvgIpc) is 2.65. The first-order chi connectivity index (χ1) is 12.6. The summed E-state index contributed by atoms with van der Waals surface area (Å²) < 4.78 is 12.9. The van der Waals surface area contributed by atoms with Gasteiger partial charge in [0, 0.05) is 43.1 Å². The van der Waals surface area contributed by atoms with Crippen LogP contribution in [0.15, 0.2) is 48.5 Å². The zero-order valence-corrected chi connectivity index (χ0v) is 15.2. The van der Waals surface area contributed by atoms with Crippen LogP contribution in [0.25, 0.3) is 0 Å². The first-order valence-corrected chi connectivity index (χ1v) is 9.24. The topological polar surface area (TPSA) is 44.4 Å². The summed E-state index contributed by atoms with van der Waals surface area (Å²) in [6, 6.07) is 14.2. The highest BCUT2D eigenvalue weighted by Crippen LogP contribution is 2.24. The SMILES string of the molecule is CC1CCN(c2ccc(NCCC(=O)Nc3ccc(F)cc3)cc2)CC1. The molecular formula is C21H26FN3O. The number of hydrogen-bond acceptors (Lipinski definition) is 3. The fourth-order valence-corrected chi connectivity index (χ4v) is 3.13. The second-order valence-electron chi connectivity index (χ2n) is 6.95. The second kappa shape index (κ2) is 8.70. The molecule has 5 heteroatoms. The Morgan fingerprint density at radius 2 is 1.65 bits per heavy atom. The molecule has 2 aromatic rings. The number of halogens is 1. The van der Waals surface area contributed by atoms with Gasteiger partial charge in [-0.1, -0.05) is 6.92 Å². The van der Waals surface area contributed by atoms with Crippen molar-refractivity contribution in [1.82, 2.24) is 0 Å². The van der Waals surface area contributed by atoms with E-state index in [4.69, 9.17) is 0 Å². The third kappa shape index (κ3) is 5.22. The molecule has 0 aromatic heterocycles. The predicted octanol–water partition coefficient (Wildman–Crippen LogP) is 4.50. The number of piperidine rings is 1. The van der Waals surface area contributed by atoms with E-state index in [0.29, 0.717) is 18.7 Å². The maximum atomic E-state index is 12.9. The van der Waals surface area contributed by atoms with E-state index in [0.717, 1.165) is 24.7 Å². The van der Waals surface area contributed by atoms with Crippen LogP contribution in [0.5, 0.6) is 0 Å². The lowest BCUT2D eigenvalue weighted by Crippen LogP contribution is -2.32. The molecule has 1 aliphatic rings. The van der Waals surface area contributed by atoms with Crippen molar-refractivity contribution in [3.8, 4) is 0 Å². The second-order valence-corrected chi connectivity index (χ2v) is 6.95. The number of anilines is 3. The molecule has 138 valence electrons. The molecule has 0 saturated carbocycles. The van der Waals surface area contributed by atoms with Crippen molar-refractivity contribution < 1.29 is 9.18 Å². The number of amides is 1. The lowest BCUT2D eigenvalue weighted by atomic mass is 9.99. The van der Waals surface area contributed by atoms with E-state index >= 15 is 0 Å². The lowest BCUT2D eigenvalue weighted by molar-refractivity contribution is -0.115. The van der Waals surface area contributed by atoms with Crippen LogP contribution in [-0.2, 0) is 4.79 Å². The molecule has 1 aliphatic heterocycles. The number of nitrogens with one attached hydrogen (secondary N) is 2. The number of rotatable bonds is 6. The minimum absolute atomic E-state index is 0.0943. The summed E-state index contributed by atoms with van der Waals surface area (Å²) in [5.41, 5.74) is 2.88. The molecule has 0 radical (unpaired) electrons. The smallest absolute Gasteiger partial charge is 0.226 e. The first-order valence-electron chi connectivity index (χ1n) is 9.24. The van der Waals surface area contributed by atoms with Crippen LogP contribution in [0.1, 0.15) is 26.2 Å². The third-order valence-electron chi connectivity index (χ3n) is 4.83. The summed E-state index contributed by atoms with van der Waals surface area (Å²) in [6.07, 6.45) is 2.86. The quantitative estimate of drug-likeness (QED) is 0.802. The van der Waals surface area contributed by atoms with Crippen molar-refractivity contribution in [1.29, 1.82) is 0 Å². The predicted molar refractivity (Wildman–Crippen MR) is 105 cm³/mol. The highest BCUT2D eigenvalue weighted by Gasteiger charge is 2.15. The fourth-order valence-electron chi connectivity index (χ4n) is 3.13. The molecule has 2 aromatic carbocycles. The minimum atomic E-state index is -0.313. The van der Waals surface area contributed by atoms with Crippen LogP contribution in [0.3, 0.4) is 0 Å². The Labute approximate surface area is 154 Å². The third-order valence-corrected chi connectivity index (χ3v) is 4.83. The Balaban J connectivity index is 1.41. The van der Waals surface area contributed by atoms with Gasteiger partial charge in [-0.25, -0.2) is 4.39 Å². The van der Waals surface area contributed by atoms with Gasteiger partial charge in [0.1, 0.15) is 5.82 Å². The van der Waals surface area contributed by atoms with E-state index in [1.54, 1.807) is 12.1 Å². The normalized spacial score (nSPS) is 14.9. The van der Waals surface area contributed by atoms with Gasteiger partial charge >= 0.3 is 0 Å². The highest BCUT2D eigenvalue weighted by molar-refractivity contribution is 5.90. The van der Waals surface area contributed by atoms with Crippen molar-refractivity contribution in [3.05, 3.63) is 54.3 Å². The molecule has 4 nitrogen and oxygen atoms in total. The molecule has 2 N–H and O–H groups in total. The Morgan fingerprint density at radius 1 is 1.04 bits per heavy atom. The van der Waals surface area contributed by atoms with Crippen LogP contribution in [0.2, 0.25) is 0 Å². The zero-order valence-electron chi connectivity index (χ0n) is 15.2. The molecule has 0 bridgehead atoms. The van der Waals surface area contributed by atoms with Crippen molar-refractivity contribution >= 4 is 23.0 Å². The maximum absolute atomic E-state index is 12.9.